The Morgan fingerprint density at radius 3 is 2.37 bits per heavy atom. The standard InChI is InChI=1S/C15H12N2O2/c1-2-9-5-3-7-11-13(9)16-12-8-4-6-10(15(18)19)14(12)17-11/h3-8H,2H2,1H3,(H,18,19). The first-order valence-corrected chi connectivity index (χ1v) is 6.12. The number of aromatic nitrogens is 2. The second-order valence-electron chi connectivity index (χ2n) is 4.34. The first-order valence-electron chi connectivity index (χ1n) is 6.12. The third-order valence-corrected chi connectivity index (χ3v) is 3.19. The number of carbonyl (C=O) groups is 1. The molecular weight excluding hydrogens is 240 g/mol. The summed E-state index contributed by atoms with van der Waals surface area (Å²) in [7, 11) is 0. The van der Waals surface area contributed by atoms with Crippen LogP contribution >= 0.6 is 0 Å². The fourth-order valence-electron chi connectivity index (χ4n) is 2.23. The van der Waals surface area contributed by atoms with Crippen molar-refractivity contribution in [2.45, 2.75) is 13.3 Å². The van der Waals surface area contributed by atoms with Crippen LogP contribution in [-0.4, -0.2) is 21.0 Å². The van der Waals surface area contributed by atoms with Gasteiger partial charge in [0.15, 0.2) is 0 Å². The number of para-hydroxylation sites is 2. The van der Waals surface area contributed by atoms with Crippen LogP contribution in [-0.2, 0) is 6.42 Å². The zero-order valence-electron chi connectivity index (χ0n) is 10.4. The molecule has 1 heterocycles. The number of rotatable bonds is 2. The Morgan fingerprint density at radius 1 is 1.05 bits per heavy atom. The molecule has 94 valence electrons. The minimum Gasteiger partial charge on any atom is -0.478 e. The number of nitrogens with zero attached hydrogens (tertiary/aromatic N) is 2. The number of fused-ring (bicyclic) bond motifs is 2. The molecule has 0 aliphatic rings. The fraction of sp³-hybridized carbons (Fsp3) is 0.133. The van der Waals surface area contributed by atoms with Crippen molar-refractivity contribution in [3.63, 3.8) is 0 Å². The van der Waals surface area contributed by atoms with Crippen LogP contribution < -0.4 is 0 Å². The van der Waals surface area contributed by atoms with Crippen molar-refractivity contribution >= 4 is 28.0 Å². The highest BCUT2D eigenvalue weighted by Gasteiger charge is 2.12. The molecule has 3 aromatic rings. The Morgan fingerprint density at radius 2 is 1.68 bits per heavy atom. The van der Waals surface area contributed by atoms with E-state index in [1.165, 1.54) is 0 Å². The van der Waals surface area contributed by atoms with E-state index >= 15 is 0 Å². The van der Waals surface area contributed by atoms with Crippen molar-refractivity contribution in [2.75, 3.05) is 0 Å². The van der Waals surface area contributed by atoms with Gasteiger partial charge in [0.05, 0.1) is 22.1 Å². The van der Waals surface area contributed by atoms with Gasteiger partial charge in [0.2, 0.25) is 0 Å². The summed E-state index contributed by atoms with van der Waals surface area (Å²) in [6, 6.07) is 10.8. The van der Waals surface area contributed by atoms with E-state index in [1.807, 2.05) is 18.2 Å². The van der Waals surface area contributed by atoms with E-state index in [2.05, 4.69) is 16.9 Å². The van der Waals surface area contributed by atoms with Gasteiger partial charge >= 0.3 is 5.97 Å². The highest BCUT2D eigenvalue weighted by atomic mass is 16.4. The molecule has 2 aromatic carbocycles. The highest BCUT2D eigenvalue weighted by molar-refractivity contribution is 6.02. The molecule has 1 aromatic heterocycles. The summed E-state index contributed by atoms with van der Waals surface area (Å²) >= 11 is 0. The Labute approximate surface area is 109 Å². The smallest absolute Gasteiger partial charge is 0.337 e. The summed E-state index contributed by atoms with van der Waals surface area (Å²) in [6.45, 7) is 2.06. The number of carboxylic acids is 1. The van der Waals surface area contributed by atoms with Crippen molar-refractivity contribution in [3.05, 3.63) is 47.5 Å². The Bertz CT molecular complexity index is 797. The van der Waals surface area contributed by atoms with Crippen molar-refractivity contribution in [1.29, 1.82) is 0 Å². The molecule has 0 aliphatic heterocycles. The van der Waals surface area contributed by atoms with E-state index in [9.17, 15) is 9.90 Å². The van der Waals surface area contributed by atoms with Crippen LogP contribution in [0.2, 0.25) is 0 Å². The number of benzene rings is 2. The molecule has 0 fully saturated rings. The molecule has 0 saturated carbocycles. The van der Waals surface area contributed by atoms with Gasteiger partial charge in [-0.1, -0.05) is 25.1 Å². The highest BCUT2D eigenvalue weighted by Crippen LogP contribution is 2.22. The lowest BCUT2D eigenvalue weighted by Crippen LogP contribution is -2.00. The molecule has 0 amide bonds. The lowest BCUT2D eigenvalue weighted by molar-refractivity contribution is 0.0699. The van der Waals surface area contributed by atoms with Gasteiger partial charge in [-0.3, -0.25) is 0 Å². The second-order valence-corrected chi connectivity index (χ2v) is 4.34. The molecule has 0 radical (unpaired) electrons. The molecule has 0 atom stereocenters. The number of hydrogen-bond donors (Lipinski definition) is 1. The molecular formula is C15H12N2O2. The summed E-state index contributed by atoms with van der Waals surface area (Å²) in [5.74, 6) is -0.981. The Balaban J connectivity index is 2.45. The van der Waals surface area contributed by atoms with Gasteiger partial charge in [0.1, 0.15) is 5.52 Å². The van der Waals surface area contributed by atoms with Crippen LogP contribution in [0.4, 0.5) is 0 Å². The lowest BCUT2D eigenvalue weighted by atomic mass is 10.1. The topological polar surface area (TPSA) is 63.1 Å². The fourth-order valence-corrected chi connectivity index (χ4v) is 2.23. The zero-order valence-corrected chi connectivity index (χ0v) is 10.4. The van der Waals surface area contributed by atoms with Crippen molar-refractivity contribution in [3.8, 4) is 0 Å². The molecule has 0 bridgehead atoms. The monoisotopic (exact) mass is 252 g/mol. The van der Waals surface area contributed by atoms with Crippen molar-refractivity contribution < 1.29 is 9.90 Å². The third kappa shape index (κ3) is 1.81. The molecule has 4 nitrogen and oxygen atoms in total. The minimum absolute atomic E-state index is 0.189. The van der Waals surface area contributed by atoms with Crippen LogP contribution in [0.3, 0.4) is 0 Å². The van der Waals surface area contributed by atoms with E-state index < -0.39 is 5.97 Å². The summed E-state index contributed by atoms with van der Waals surface area (Å²) in [4.78, 5) is 20.2. The number of aromatic carboxylic acids is 1. The normalized spacial score (nSPS) is 11.0. The quantitative estimate of drug-likeness (QED) is 0.712. The van der Waals surface area contributed by atoms with Crippen LogP contribution in [0.5, 0.6) is 0 Å². The number of carboxylic acid groups (broad SMARTS) is 1. The molecule has 3 rings (SSSR count). The summed E-state index contributed by atoms with van der Waals surface area (Å²) in [6.07, 6.45) is 0.871. The molecule has 0 unspecified atom stereocenters. The van der Waals surface area contributed by atoms with Gasteiger partial charge < -0.3 is 5.11 Å². The zero-order chi connectivity index (χ0) is 13.4. The van der Waals surface area contributed by atoms with E-state index in [1.54, 1.807) is 18.2 Å². The maximum atomic E-state index is 11.2. The predicted octanol–water partition coefficient (Wildman–Crippen LogP) is 3.04. The van der Waals surface area contributed by atoms with Gasteiger partial charge in [0, 0.05) is 0 Å². The van der Waals surface area contributed by atoms with Gasteiger partial charge in [0.25, 0.3) is 0 Å². The Hall–Kier alpha value is -2.49. The number of aryl methyl sites for hydroxylation is 1. The maximum absolute atomic E-state index is 11.2. The van der Waals surface area contributed by atoms with E-state index in [0.717, 1.165) is 23.0 Å². The largest absolute Gasteiger partial charge is 0.478 e. The SMILES string of the molecule is CCc1cccc2nc3c(C(=O)O)cccc3nc12. The maximum Gasteiger partial charge on any atom is 0.337 e. The first kappa shape index (κ1) is 11.6. The van der Waals surface area contributed by atoms with Gasteiger partial charge in [-0.2, -0.15) is 0 Å². The first-order chi connectivity index (χ1) is 9.20. The lowest BCUT2D eigenvalue weighted by Gasteiger charge is -2.06. The second kappa shape index (κ2) is 4.31. The summed E-state index contributed by atoms with van der Waals surface area (Å²) in [5, 5.41) is 9.19. The summed E-state index contributed by atoms with van der Waals surface area (Å²) < 4.78 is 0. The summed E-state index contributed by atoms with van der Waals surface area (Å²) in [5.41, 5.74) is 3.95. The predicted molar refractivity (Wildman–Crippen MR) is 73.4 cm³/mol. The number of hydrogen-bond acceptors (Lipinski definition) is 3. The van der Waals surface area contributed by atoms with Crippen LogP contribution in [0.1, 0.15) is 22.8 Å². The van der Waals surface area contributed by atoms with E-state index in [0.29, 0.717) is 11.0 Å². The van der Waals surface area contributed by atoms with Crippen LogP contribution in [0.15, 0.2) is 36.4 Å². The third-order valence-electron chi connectivity index (χ3n) is 3.19. The average molecular weight is 252 g/mol. The molecule has 1 N–H and O–H groups in total. The molecule has 0 spiro atoms. The molecule has 0 aliphatic carbocycles. The van der Waals surface area contributed by atoms with E-state index in [-0.39, 0.29) is 5.56 Å². The van der Waals surface area contributed by atoms with Gasteiger partial charge in [-0.05, 0) is 30.2 Å². The average Bonchev–Trinajstić information content (AvgIpc) is 2.43. The molecule has 0 saturated heterocycles. The molecule has 4 heteroatoms. The van der Waals surface area contributed by atoms with Crippen LogP contribution in [0, 0.1) is 0 Å². The minimum atomic E-state index is -0.981. The van der Waals surface area contributed by atoms with Crippen LogP contribution in [0.25, 0.3) is 22.1 Å². The Kier molecular flexibility index (Phi) is 2.63. The van der Waals surface area contributed by atoms with Gasteiger partial charge in [-0.15, -0.1) is 0 Å². The van der Waals surface area contributed by atoms with Crippen molar-refractivity contribution in [1.82, 2.24) is 9.97 Å². The van der Waals surface area contributed by atoms with E-state index in [4.69, 9.17) is 0 Å². The van der Waals surface area contributed by atoms with Gasteiger partial charge in [-0.25, -0.2) is 14.8 Å². The van der Waals surface area contributed by atoms with Crippen molar-refractivity contribution in [2.24, 2.45) is 0 Å². The molecule has 19 heavy (non-hydrogen) atoms.